The third-order valence-electron chi connectivity index (χ3n) is 2.56. The van der Waals surface area contributed by atoms with E-state index in [1.165, 1.54) is 7.11 Å². The Bertz CT molecular complexity index is 438. The summed E-state index contributed by atoms with van der Waals surface area (Å²) in [5, 5.41) is 0. The summed E-state index contributed by atoms with van der Waals surface area (Å²) in [6.45, 7) is 3.69. The summed E-state index contributed by atoms with van der Waals surface area (Å²) in [4.78, 5) is 22.8. The van der Waals surface area contributed by atoms with E-state index < -0.39 is 0 Å². The number of methoxy groups -OCH3 is 1. The first-order valence-electron chi connectivity index (χ1n) is 5.30. The number of carbonyl (C=O) groups excluding carboxylic acids is 2. The average molecular weight is 299 g/mol. The molecule has 0 aliphatic carbocycles. The minimum atomic E-state index is -0.301. The molecule has 17 heavy (non-hydrogen) atoms. The summed E-state index contributed by atoms with van der Waals surface area (Å²) in [6.07, 6.45) is 0.195. The monoisotopic (exact) mass is 298 g/mol. The largest absolute Gasteiger partial charge is 0.469 e. The van der Waals surface area contributed by atoms with E-state index in [-0.39, 0.29) is 23.0 Å². The lowest BCUT2D eigenvalue weighted by Crippen LogP contribution is -2.12. The maximum atomic E-state index is 11.8. The van der Waals surface area contributed by atoms with Crippen LogP contribution < -0.4 is 0 Å². The molecular weight excluding hydrogens is 284 g/mol. The smallest absolute Gasteiger partial charge is 0.309 e. The molecule has 0 N–H and O–H groups in total. The van der Waals surface area contributed by atoms with E-state index in [1.807, 2.05) is 13.0 Å². The van der Waals surface area contributed by atoms with Crippen molar-refractivity contribution in [3.63, 3.8) is 0 Å². The molecule has 0 bridgehead atoms. The van der Waals surface area contributed by atoms with Crippen LogP contribution in [0.2, 0.25) is 0 Å². The van der Waals surface area contributed by atoms with Gasteiger partial charge in [-0.2, -0.15) is 0 Å². The summed E-state index contributed by atoms with van der Waals surface area (Å²) in [5.74, 6) is -0.291. The van der Waals surface area contributed by atoms with Crippen molar-refractivity contribution in [3.8, 4) is 0 Å². The summed E-state index contributed by atoms with van der Waals surface area (Å²) < 4.78 is 4.62. The van der Waals surface area contributed by atoms with Gasteiger partial charge in [-0.3, -0.25) is 9.59 Å². The number of ketones is 1. The first-order valence-corrected chi connectivity index (χ1v) is 6.22. The summed E-state index contributed by atoms with van der Waals surface area (Å²) in [6, 6.07) is 5.38. The lowest BCUT2D eigenvalue weighted by Gasteiger charge is -2.08. The first-order chi connectivity index (χ1) is 7.95. The number of hydrogen-bond acceptors (Lipinski definition) is 3. The van der Waals surface area contributed by atoms with Gasteiger partial charge in [0.1, 0.15) is 0 Å². The SMILES string of the molecule is COC(=O)Cc1cc(C(=O)C(C)Br)ccc1C. The third kappa shape index (κ3) is 3.66. The highest BCUT2D eigenvalue weighted by atomic mass is 79.9. The molecule has 0 saturated carbocycles. The van der Waals surface area contributed by atoms with Crippen molar-refractivity contribution in [1.82, 2.24) is 0 Å². The van der Waals surface area contributed by atoms with Gasteiger partial charge in [-0.05, 0) is 31.0 Å². The zero-order chi connectivity index (χ0) is 13.0. The molecule has 0 spiro atoms. The van der Waals surface area contributed by atoms with Crippen LogP contribution >= 0.6 is 15.9 Å². The van der Waals surface area contributed by atoms with Gasteiger partial charge in [0.2, 0.25) is 0 Å². The lowest BCUT2D eigenvalue weighted by atomic mass is 9.99. The number of Topliss-reactive ketones (excluding diaryl/α,β-unsaturated/α-hetero) is 1. The van der Waals surface area contributed by atoms with Crippen molar-refractivity contribution in [1.29, 1.82) is 0 Å². The Hall–Kier alpha value is -1.16. The van der Waals surface area contributed by atoms with Gasteiger partial charge in [-0.1, -0.05) is 28.1 Å². The van der Waals surface area contributed by atoms with Crippen molar-refractivity contribution in [3.05, 3.63) is 34.9 Å². The average Bonchev–Trinajstić information content (AvgIpc) is 2.30. The van der Waals surface area contributed by atoms with Gasteiger partial charge in [0.05, 0.1) is 18.4 Å². The molecule has 0 saturated heterocycles. The molecule has 1 unspecified atom stereocenters. The van der Waals surface area contributed by atoms with E-state index >= 15 is 0 Å². The second kappa shape index (κ2) is 5.96. The number of ether oxygens (including phenoxy) is 1. The molecule has 4 heteroatoms. The molecule has 92 valence electrons. The van der Waals surface area contributed by atoms with Gasteiger partial charge in [0.25, 0.3) is 0 Å². The fourth-order valence-electron chi connectivity index (χ4n) is 1.47. The van der Waals surface area contributed by atoms with Gasteiger partial charge in [-0.25, -0.2) is 0 Å². The van der Waals surface area contributed by atoms with Gasteiger partial charge < -0.3 is 4.74 Å². The molecule has 1 atom stereocenters. The molecule has 0 heterocycles. The third-order valence-corrected chi connectivity index (χ3v) is 2.97. The van der Waals surface area contributed by atoms with Crippen molar-refractivity contribution in [2.75, 3.05) is 7.11 Å². The highest BCUT2D eigenvalue weighted by molar-refractivity contribution is 9.10. The summed E-state index contributed by atoms with van der Waals surface area (Å²) >= 11 is 3.24. The number of halogens is 1. The van der Waals surface area contributed by atoms with Crippen molar-refractivity contribution in [2.24, 2.45) is 0 Å². The van der Waals surface area contributed by atoms with Gasteiger partial charge >= 0.3 is 5.97 Å². The van der Waals surface area contributed by atoms with Crippen LogP contribution in [0.5, 0.6) is 0 Å². The zero-order valence-electron chi connectivity index (χ0n) is 10.1. The second-order valence-electron chi connectivity index (χ2n) is 3.87. The van der Waals surface area contributed by atoms with Gasteiger partial charge in [-0.15, -0.1) is 0 Å². The predicted molar refractivity (Wildman–Crippen MR) is 69.6 cm³/mol. The summed E-state index contributed by atoms with van der Waals surface area (Å²) in [7, 11) is 1.35. The minimum absolute atomic E-state index is 0.0103. The van der Waals surface area contributed by atoms with Gasteiger partial charge in [0, 0.05) is 5.56 Å². The van der Waals surface area contributed by atoms with Crippen LogP contribution in [0.15, 0.2) is 18.2 Å². The van der Waals surface area contributed by atoms with Crippen LogP contribution in [-0.2, 0) is 16.0 Å². The first kappa shape index (κ1) is 13.9. The Kier molecular flexibility index (Phi) is 4.87. The Morgan fingerprint density at radius 1 is 1.41 bits per heavy atom. The molecule has 1 rings (SSSR count). The minimum Gasteiger partial charge on any atom is -0.469 e. The van der Waals surface area contributed by atoms with Crippen LogP contribution in [0.4, 0.5) is 0 Å². The Balaban J connectivity index is 3.02. The number of alkyl halides is 1. The maximum Gasteiger partial charge on any atom is 0.309 e. The van der Waals surface area contributed by atoms with E-state index in [2.05, 4.69) is 20.7 Å². The Morgan fingerprint density at radius 2 is 2.06 bits per heavy atom. The van der Waals surface area contributed by atoms with E-state index in [0.717, 1.165) is 11.1 Å². The second-order valence-corrected chi connectivity index (χ2v) is 5.25. The number of benzene rings is 1. The van der Waals surface area contributed by atoms with Crippen LogP contribution in [0.1, 0.15) is 28.4 Å². The van der Waals surface area contributed by atoms with E-state index in [9.17, 15) is 9.59 Å². The quantitative estimate of drug-likeness (QED) is 0.488. The Labute approximate surface area is 109 Å². The number of aryl methyl sites for hydroxylation is 1. The highest BCUT2D eigenvalue weighted by Crippen LogP contribution is 2.16. The Morgan fingerprint density at radius 3 is 2.59 bits per heavy atom. The molecule has 1 aromatic rings. The van der Waals surface area contributed by atoms with E-state index in [4.69, 9.17) is 0 Å². The lowest BCUT2D eigenvalue weighted by molar-refractivity contribution is -0.139. The molecule has 0 aliphatic heterocycles. The number of hydrogen-bond donors (Lipinski definition) is 0. The number of esters is 1. The zero-order valence-corrected chi connectivity index (χ0v) is 11.7. The van der Waals surface area contributed by atoms with Crippen LogP contribution in [0, 0.1) is 6.92 Å². The standard InChI is InChI=1S/C13H15BrO3/c1-8-4-5-10(13(16)9(2)14)6-11(8)7-12(15)17-3/h4-6,9H,7H2,1-3H3. The van der Waals surface area contributed by atoms with Crippen molar-refractivity contribution in [2.45, 2.75) is 25.1 Å². The molecule has 0 aromatic heterocycles. The maximum absolute atomic E-state index is 11.8. The topological polar surface area (TPSA) is 43.4 Å². The molecule has 0 aliphatic rings. The van der Waals surface area contributed by atoms with Crippen LogP contribution in [0.3, 0.4) is 0 Å². The van der Waals surface area contributed by atoms with Crippen molar-refractivity contribution >= 4 is 27.7 Å². The fourth-order valence-corrected chi connectivity index (χ4v) is 1.74. The molecular formula is C13H15BrO3. The molecule has 0 radical (unpaired) electrons. The molecule has 0 fully saturated rings. The molecule has 0 amide bonds. The number of rotatable bonds is 4. The molecule has 3 nitrogen and oxygen atoms in total. The molecule has 1 aromatic carbocycles. The van der Waals surface area contributed by atoms with Crippen molar-refractivity contribution < 1.29 is 14.3 Å². The fraction of sp³-hybridized carbons (Fsp3) is 0.385. The normalized spacial score (nSPS) is 12.0. The number of carbonyl (C=O) groups is 2. The van der Waals surface area contributed by atoms with Crippen LogP contribution in [-0.4, -0.2) is 23.7 Å². The highest BCUT2D eigenvalue weighted by Gasteiger charge is 2.14. The van der Waals surface area contributed by atoms with Gasteiger partial charge in [0.15, 0.2) is 5.78 Å². The summed E-state index contributed by atoms with van der Waals surface area (Å²) in [5.41, 5.74) is 2.42. The van der Waals surface area contributed by atoms with E-state index in [1.54, 1.807) is 19.1 Å². The predicted octanol–water partition coefficient (Wildman–Crippen LogP) is 2.68. The van der Waals surface area contributed by atoms with E-state index in [0.29, 0.717) is 5.56 Å². The van der Waals surface area contributed by atoms with Crippen LogP contribution in [0.25, 0.3) is 0 Å².